The molecule has 0 saturated heterocycles. The molecule has 1 aromatic carbocycles. The van der Waals surface area contributed by atoms with Crippen LogP contribution in [0.25, 0.3) is 0 Å². The van der Waals surface area contributed by atoms with Gasteiger partial charge in [0.25, 0.3) is 0 Å². The van der Waals surface area contributed by atoms with Crippen molar-refractivity contribution in [2.75, 3.05) is 13.2 Å². The maximum atomic E-state index is 12.2. The predicted octanol–water partition coefficient (Wildman–Crippen LogP) is 2.34. The molecule has 108 valence electrons. The monoisotopic (exact) mass is 305 g/mol. The Morgan fingerprint density at radius 1 is 1.42 bits per heavy atom. The third-order valence-corrected chi connectivity index (χ3v) is 5.16. The van der Waals surface area contributed by atoms with Crippen molar-refractivity contribution in [3.05, 3.63) is 28.8 Å². The van der Waals surface area contributed by atoms with Crippen LogP contribution in [0, 0.1) is 12.8 Å². The van der Waals surface area contributed by atoms with Gasteiger partial charge in [0, 0.05) is 18.2 Å². The van der Waals surface area contributed by atoms with Crippen molar-refractivity contribution in [2.24, 2.45) is 5.92 Å². The van der Waals surface area contributed by atoms with Crippen molar-refractivity contribution in [3.63, 3.8) is 0 Å². The fraction of sp³-hybridized carbons (Fsp3) is 0.538. The van der Waals surface area contributed by atoms with Gasteiger partial charge in [0.2, 0.25) is 10.0 Å². The van der Waals surface area contributed by atoms with Crippen LogP contribution in [0.5, 0.6) is 0 Å². The highest BCUT2D eigenvalue weighted by Crippen LogP contribution is 2.22. The molecule has 0 bridgehead atoms. The van der Waals surface area contributed by atoms with Crippen LogP contribution in [0.3, 0.4) is 0 Å². The van der Waals surface area contributed by atoms with Crippen LogP contribution in [-0.2, 0) is 10.0 Å². The second-order valence-corrected chi connectivity index (χ2v) is 6.64. The second kappa shape index (κ2) is 7.24. The summed E-state index contributed by atoms with van der Waals surface area (Å²) >= 11 is 5.93. The third-order valence-electron chi connectivity index (χ3n) is 3.18. The van der Waals surface area contributed by atoms with E-state index in [1.54, 1.807) is 19.1 Å². The summed E-state index contributed by atoms with van der Waals surface area (Å²) in [6.45, 7) is 4.04. The minimum atomic E-state index is -3.55. The summed E-state index contributed by atoms with van der Waals surface area (Å²) in [4.78, 5) is 0.207. The molecule has 0 heterocycles. The van der Waals surface area contributed by atoms with Crippen LogP contribution in [0.15, 0.2) is 23.1 Å². The molecule has 0 saturated carbocycles. The molecule has 1 unspecified atom stereocenters. The molecule has 0 spiro atoms. The predicted molar refractivity (Wildman–Crippen MR) is 76.9 cm³/mol. The van der Waals surface area contributed by atoms with Crippen LogP contribution < -0.4 is 4.72 Å². The van der Waals surface area contributed by atoms with Crippen molar-refractivity contribution in [1.82, 2.24) is 4.72 Å². The van der Waals surface area contributed by atoms with Crippen molar-refractivity contribution in [3.8, 4) is 0 Å². The van der Waals surface area contributed by atoms with Gasteiger partial charge in [0.05, 0.1) is 4.90 Å². The van der Waals surface area contributed by atoms with Crippen molar-refractivity contribution in [1.29, 1.82) is 0 Å². The number of aliphatic hydroxyl groups excluding tert-OH is 1. The molecule has 19 heavy (non-hydrogen) atoms. The lowest BCUT2D eigenvalue weighted by Crippen LogP contribution is -2.30. The maximum Gasteiger partial charge on any atom is 0.240 e. The van der Waals surface area contributed by atoms with E-state index in [2.05, 4.69) is 4.72 Å². The molecule has 0 aliphatic rings. The summed E-state index contributed by atoms with van der Waals surface area (Å²) in [7, 11) is -3.55. The number of aliphatic hydroxyl groups is 1. The van der Waals surface area contributed by atoms with Gasteiger partial charge >= 0.3 is 0 Å². The fourth-order valence-corrected chi connectivity index (χ4v) is 3.43. The molecular formula is C13H20ClNO3S. The highest BCUT2D eigenvalue weighted by molar-refractivity contribution is 7.89. The summed E-state index contributed by atoms with van der Waals surface area (Å²) in [6.07, 6.45) is 1.41. The molecule has 0 fully saturated rings. The SMILES string of the molecule is CCC(CCO)CNS(=O)(=O)c1cccc(Cl)c1C. The van der Waals surface area contributed by atoms with E-state index in [1.807, 2.05) is 6.92 Å². The molecule has 0 aliphatic heterocycles. The fourth-order valence-electron chi connectivity index (χ4n) is 1.82. The van der Waals surface area contributed by atoms with Gasteiger partial charge in [-0.15, -0.1) is 0 Å². The topological polar surface area (TPSA) is 66.4 Å². The number of benzene rings is 1. The maximum absolute atomic E-state index is 12.2. The van der Waals surface area contributed by atoms with E-state index < -0.39 is 10.0 Å². The van der Waals surface area contributed by atoms with E-state index >= 15 is 0 Å². The van der Waals surface area contributed by atoms with Crippen LogP contribution in [-0.4, -0.2) is 26.7 Å². The van der Waals surface area contributed by atoms with Gasteiger partial charge in [0.1, 0.15) is 0 Å². The Morgan fingerprint density at radius 3 is 2.68 bits per heavy atom. The van der Waals surface area contributed by atoms with E-state index in [-0.39, 0.29) is 17.4 Å². The van der Waals surface area contributed by atoms with Crippen LogP contribution in [0.1, 0.15) is 25.3 Å². The van der Waals surface area contributed by atoms with Crippen LogP contribution >= 0.6 is 11.6 Å². The van der Waals surface area contributed by atoms with E-state index in [9.17, 15) is 8.42 Å². The van der Waals surface area contributed by atoms with Gasteiger partial charge < -0.3 is 5.11 Å². The molecule has 0 radical (unpaired) electrons. The first-order chi connectivity index (χ1) is 8.92. The highest BCUT2D eigenvalue weighted by atomic mass is 35.5. The Labute approximate surface area is 119 Å². The summed E-state index contributed by atoms with van der Waals surface area (Å²) in [5.41, 5.74) is 0.548. The first-order valence-electron chi connectivity index (χ1n) is 6.28. The zero-order chi connectivity index (χ0) is 14.5. The summed E-state index contributed by atoms with van der Waals surface area (Å²) < 4.78 is 27.0. The van der Waals surface area contributed by atoms with E-state index in [4.69, 9.17) is 16.7 Å². The molecular weight excluding hydrogens is 286 g/mol. The zero-order valence-corrected chi connectivity index (χ0v) is 12.8. The van der Waals surface area contributed by atoms with Gasteiger partial charge in [-0.2, -0.15) is 0 Å². The molecule has 0 aliphatic carbocycles. The molecule has 1 atom stereocenters. The quantitative estimate of drug-likeness (QED) is 0.812. The van der Waals surface area contributed by atoms with Gasteiger partial charge in [-0.05, 0) is 37.0 Å². The summed E-state index contributed by atoms with van der Waals surface area (Å²) in [5.74, 6) is 0.138. The van der Waals surface area contributed by atoms with Gasteiger partial charge in [-0.25, -0.2) is 13.1 Å². The molecule has 0 amide bonds. The molecule has 4 nitrogen and oxygen atoms in total. The lowest BCUT2D eigenvalue weighted by molar-refractivity contribution is 0.254. The van der Waals surface area contributed by atoms with E-state index in [1.165, 1.54) is 6.07 Å². The van der Waals surface area contributed by atoms with Crippen LogP contribution in [0.2, 0.25) is 5.02 Å². The summed E-state index contributed by atoms with van der Waals surface area (Å²) in [6, 6.07) is 4.82. The van der Waals surface area contributed by atoms with E-state index in [0.29, 0.717) is 23.6 Å². The Balaban J connectivity index is 2.84. The van der Waals surface area contributed by atoms with Gasteiger partial charge in [-0.3, -0.25) is 0 Å². The lowest BCUT2D eigenvalue weighted by atomic mass is 10.0. The number of sulfonamides is 1. The number of halogens is 1. The van der Waals surface area contributed by atoms with Gasteiger partial charge in [-0.1, -0.05) is 31.0 Å². The highest BCUT2D eigenvalue weighted by Gasteiger charge is 2.19. The number of nitrogens with one attached hydrogen (secondary N) is 1. The largest absolute Gasteiger partial charge is 0.396 e. The molecule has 2 N–H and O–H groups in total. The zero-order valence-electron chi connectivity index (χ0n) is 11.2. The molecule has 1 rings (SSSR count). The Hall–Kier alpha value is -0.620. The summed E-state index contributed by atoms with van der Waals surface area (Å²) in [5, 5.41) is 9.34. The first-order valence-corrected chi connectivity index (χ1v) is 8.14. The lowest BCUT2D eigenvalue weighted by Gasteiger charge is -2.15. The van der Waals surface area contributed by atoms with Crippen molar-refractivity contribution >= 4 is 21.6 Å². The Morgan fingerprint density at radius 2 is 2.11 bits per heavy atom. The standard InChI is InChI=1S/C13H20ClNO3S/c1-3-11(7-8-16)9-15-19(17,18)13-6-4-5-12(14)10(13)2/h4-6,11,15-16H,3,7-9H2,1-2H3. The minimum Gasteiger partial charge on any atom is -0.396 e. The van der Waals surface area contributed by atoms with Crippen molar-refractivity contribution in [2.45, 2.75) is 31.6 Å². The Kier molecular flexibility index (Phi) is 6.26. The number of hydrogen-bond donors (Lipinski definition) is 2. The van der Waals surface area contributed by atoms with Crippen molar-refractivity contribution < 1.29 is 13.5 Å². The Bertz CT molecular complexity index is 517. The third kappa shape index (κ3) is 4.45. The molecule has 1 aromatic rings. The average molecular weight is 306 g/mol. The van der Waals surface area contributed by atoms with Gasteiger partial charge in [0.15, 0.2) is 0 Å². The molecule has 0 aromatic heterocycles. The minimum absolute atomic E-state index is 0.0659. The van der Waals surface area contributed by atoms with Crippen LogP contribution in [0.4, 0.5) is 0 Å². The smallest absolute Gasteiger partial charge is 0.240 e. The van der Waals surface area contributed by atoms with E-state index in [0.717, 1.165) is 6.42 Å². The number of rotatable bonds is 7. The second-order valence-electron chi connectivity index (χ2n) is 4.50. The first kappa shape index (κ1) is 16.4. The average Bonchev–Trinajstić information content (AvgIpc) is 2.37. The normalized spacial score (nSPS) is 13.5. The molecule has 6 heteroatoms. The number of hydrogen-bond acceptors (Lipinski definition) is 3.